The molecule has 0 aromatic carbocycles. The molecule has 2 rings (SSSR count). The van der Waals surface area contributed by atoms with Crippen molar-refractivity contribution in [3.63, 3.8) is 0 Å². The van der Waals surface area contributed by atoms with Crippen molar-refractivity contribution in [3.8, 4) is 0 Å². The van der Waals surface area contributed by atoms with Gasteiger partial charge in [-0.15, -0.1) is 0 Å². The quantitative estimate of drug-likeness (QED) is 0.842. The summed E-state index contributed by atoms with van der Waals surface area (Å²) in [6.07, 6.45) is 5.84. The van der Waals surface area contributed by atoms with E-state index in [1.54, 1.807) is 0 Å². The van der Waals surface area contributed by atoms with Crippen LogP contribution in [0.25, 0.3) is 0 Å². The third-order valence-electron chi connectivity index (χ3n) is 3.52. The number of pyridine rings is 1. The maximum absolute atomic E-state index is 4.63. The lowest BCUT2D eigenvalue weighted by Gasteiger charge is -2.21. The fourth-order valence-electron chi connectivity index (χ4n) is 2.49. The molecule has 4 heteroatoms. The van der Waals surface area contributed by atoms with E-state index in [9.17, 15) is 0 Å². The van der Waals surface area contributed by atoms with Crippen LogP contribution in [0, 0.1) is 0 Å². The van der Waals surface area contributed by atoms with Gasteiger partial charge in [0, 0.05) is 18.9 Å². The van der Waals surface area contributed by atoms with Crippen molar-refractivity contribution in [2.45, 2.75) is 46.2 Å². The Balaban J connectivity index is 2.41. The minimum Gasteiger partial charge on any atom is -0.304 e. The summed E-state index contributed by atoms with van der Waals surface area (Å²) in [5.41, 5.74) is 3.61. The van der Waals surface area contributed by atoms with Crippen LogP contribution < -0.4 is 5.32 Å². The molecule has 0 bridgehead atoms. The van der Waals surface area contributed by atoms with E-state index in [1.165, 1.54) is 11.3 Å². The van der Waals surface area contributed by atoms with Crippen molar-refractivity contribution in [3.05, 3.63) is 47.5 Å². The summed E-state index contributed by atoms with van der Waals surface area (Å²) in [6, 6.07) is 6.38. The SMILES string of the molecule is CCCNC(c1ncccc1CC)c1ccnn1CC. The van der Waals surface area contributed by atoms with Crippen molar-refractivity contribution < 1.29 is 0 Å². The zero-order valence-corrected chi connectivity index (χ0v) is 12.6. The lowest BCUT2D eigenvalue weighted by Crippen LogP contribution is -2.27. The van der Waals surface area contributed by atoms with E-state index in [0.717, 1.165) is 31.6 Å². The largest absolute Gasteiger partial charge is 0.304 e. The molecule has 0 spiro atoms. The molecule has 0 aliphatic heterocycles. The van der Waals surface area contributed by atoms with Gasteiger partial charge in [-0.3, -0.25) is 9.67 Å². The molecule has 0 radical (unpaired) electrons. The molecule has 2 heterocycles. The molecule has 4 nitrogen and oxygen atoms in total. The normalized spacial score (nSPS) is 12.6. The number of nitrogens with zero attached hydrogens (tertiary/aromatic N) is 3. The Morgan fingerprint density at radius 1 is 1.20 bits per heavy atom. The summed E-state index contributed by atoms with van der Waals surface area (Å²) in [5, 5.41) is 8.01. The molecule has 1 unspecified atom stereocenters. The molecule has 20 heavy (non-hydrogen) atoms. The first-order valence-corrected chi connectivity index (χ1v) is 7.50. The van der Waals surface area contributed by atoms with Crippen LogP contribution in [0.1, 0.15) is 50.2 Å². The molecule has 108 valence electrons. The van der Waals surface area contributed by atoms with Crippen LogP contribution in [0.4, 0.5) is 0 Å². The third kappa shape index (κ3) is 3.07. The zero-order chi connectivity index (χ0) is 14.4. The molecule has 0 amide bonds. The Labute approximate surface area is 121 Å². The summed E-state index contributed by atoms with van der Waals surface area (Å²) in [5.74, 6) is 0. The van der Waals surface area contributed by atoms with E-state index in [-0.39, 0.29) is 6.04 Å². The van der Waals surface area contributed by atoms with Gasteiger partial charge < -0.3 is 5.32 Å². The second-order valence-electron chi connectivity index (χ2n) is 4.86. The lowest BCUT2D eigenvalue weighted by molar-refractivity contribution is 0.519. The molecule has 0 fully saturated rings. The average Bonchev–Trinajstić information content (AvgIpc) is 2.96. The van der Waals surface area contributed by atoms with Gasteiger partial charge in [-0.25, -0.2) is 0 Å². The molecule has 2 aromatic heterocycles. The molecule has 0 aliphatic rings. The standard InChI is InChI=1S/C16H24N4/c1-4-10-17-16(14-9-12-19-20(14)6-3)15-13(5-2)8-7-11-18-15/h7-9,11-12,16-17H,4-6,10H2,1-3H3. The molecule has 2 aromatic rings. The maximum atomic E-state index is 4.63. The lowest BCUT2D eigenvalue weighted by atomic mass is 10.0. The van der Waals surface area contributed by atoms with Gasteiger partial charge in [0.25, 0.3) is 0 Å². The summed E-state index contributed by atoms with van der Waals surface area (Å²) in [6.45, 7) is 8.32. The van der Waals surface area contributed by atoms with Crippen LogP contribution in [0.15, 0.2) is 30.6 Å². The van der Waals surface area contributed by atoms with Gasteiger partial charge in [0.05, 0.1) is 17.4 Å². The van der Waals surface area contributed by atoms with Crippen LogP contribution >= 0.6 is 0 Å². The van der Waals surface area contributed by atoms with E-state index in [4.69, 9.17) is 0 Å². The van der Waals surface area contributed by atoms with Crippen LogP contribution in [0.5, 0.6) is 0 Å². The van der Waals surface area contributed by atoms with Crippen molar-refractivity contribution in [2.24, 2.45) is 0 Å². The number of rotatable bonds is 7. The van der Waals surface area contributed by atoms with Crippen LogP contribution in [0.2, 0.25) is 0 Å². The molecular weight excluding hydrogens is 248 g/mol. The van der Waals surface area contributed by atoms with E-state index < -0.39 is 0 Å². The number of nitrogens with one attached hydrogen (secondary N) is 1. The predicted octanol–water partition coefficient (Wildman–Crippen LogP) is 2.95. The maximum Gasteiger partial charge on any atom is 0.0924 e. The van der Waals surface area contributed by atoms with Gasteiger partial charge >= 0.3 is 0 Å². The highest BCUT2D eigenvalue weighted by Gasteiger charge is 2.20. The zero-order valence-electron chi connectivity index (χ0n) is 12.6. The molecule has 0 saturated heterocycles. The monoisotopic (exact) mass is 272 g/mol. The summed E-state index contributed by atoms with van der Waals surface area (Å²) in [4.78, 5) is 4.63. The van der Waals surface area contributed by atoms with Gasteiger partial charge in [0.15, 0.2) is 0 Å². The summed E-state index contributed by atoms with van der Waals surface area (Å²) < 4.78 is 2.04. The summed E-state index contributed by atoms with van der Waals surface area (Å²) in [7, 11) is 0. The predicted molar refractivity (Wildman–Crippen MR) is 81.7 cm³/mol. The Morgan fingerprint density at radius 2 is 2.05 bits per heavy atom. The minimum atomic E-state index is 0.119. The van der Waals surface area contributed by atoms with Crippen LogP contribution in [-0.4, -0.2) is 21.3 Å². The average molecular weight is 272 g/mol. The van der Waals surface area contributed by atoms with Crippen molar-refractivity contribution >= 4 is 0 Å². The van der Waals surface area contributed by atoms with Crippen LogP contribution in [0.3, 0.4) is 0 Å². The van der Waals surface area contributed by atoms with Crippen molar-refractivity contribution in [2.75, 3.05) is 6.54 Å². The smallest absolute Gasteiger partial charge is 0.0924 e. The molecule has 1 N–H and O–H groups in total. The molecule has 0 saturated carbocycles. The van der Waals surface area contributed by atoms with Gasteiger partial charge in [-0.05, 0) is 44.0 Å². The topological polar surface area (TPSA) is 42.7 Å². The van der Waals surface area contributed by atoms with Crippen LogP contribution in [-0.2, 0) is 13.0 Å². The Bertz CT molecular complexity index is 533. The Morgan fingerprint density at radius 3 is 2.75 bits per heavy atom. The second kappa shape index (κ2) is 7.20. The highest BCUT2D eigenvalue weighted by molar-refractivity contribution is 5.29. The van der Waals surface area contributed by atoms with E-state index in [2.05, 4.69) is 48.3 Å². The van der Waals surface area contributed by atoms with Crippen molar-refractivity contribution in [1.29, 1.82) is 0 Å². The third-order valence-corrected chi connectivity index (χ3v) is 3.52. The van der Waals surface area contributed by atoms with Gasteiger partial charge in [0.1, 0.15) is 0 Å². The van der Waals surface area contributed by atoms with Gasteiger partial charge in [0.2, 0.25) is 0 Å². The fraction of sp³-hybridized carbons (Fsp3) is 0.500. The fourth-order valence-corrected chi connectivity index (χ4v) is 2.49. The molecular formula is C16H24N4. The Hall–Kier alpha value is -1.68. The number of aromatic nitrogens is 3. The highest BCUT2D eigenvalue weighted by Crippen LogP contribution is 2.23. The Kier molecular flexibility index (Phi) is 5.30. The highest BCUT2D eigenvalue weighted by atomic mass is 15.3. The summed E-state index contributed by atoms with van der Waals surface area (Å²) >= 11 is 0. The van der Waals surface area contributed by atoms with Gasteiger partial charge in [-0.2, -0.15) is 5.10 Å². The second-order valence-corrected chi connectivity index (χ2v) is 4.86. The number of hydrogen-bond acceptors (Lipinski definition) is 3. The van der Waals surface area contributed by atoms with E-state index in [0.29, 0.717) is 0 Å². The molecule has 0 aliphatic carbocycles. The first kappa shape index (κ1) is 14.7. The van der Waals surface area contributed by atoms with Crippen molar-refractivity contribution in [1.82, 2.24) is 20.1 Å². The minimum absolute atomic E-state index is 0.119. The van der Waals surface area contributed by atoms with Gasteiger partial charge in [-0.1, -0.05) is 19.9 Å². The van der Waals surface area contributed by atoms with E-state index >= 15 is 0 Å². The van der Waals surface area contributed by atoms with E-state index in [1.807, 2.05) is 23.1 Å². The molecule has 1 atom stereocenters. The number of aryl methyl sites for hydroxylation is 2. The number of hydrogen-bond donors (Lipinski definition) is 1. The first-order chi connectivity index (χ1) is 9.81. The first-order valence-electron chi connectivity index (χ1n) is 7.50.